The molecule has 2 aromatic carbocycles. The maximum atomic E-state index is 12.5. The third kappa shape index (κ3) is 5.60. The van der Waals surface area contributed by atoms with Gasteiger partial charge in [0, 0.05) is 23.5 Å². The summed E-state index contributed by atoms with van der Waals surface area (Å²) in [6.45, 7) is 4.03. The molecule has 156 valence electrons. The van der Waals surface area contributed by atoms with Gasteiger partial charge in [0.2, 0.25) is 0 Å². The standard InChI is InChI=1S/C22H25N5O3/c1-15(2)24-22(29)25-17-6-4-5-16(13-17)21(28)23-14-18-11-12-27(26-18)19-7-9-20(30-3)10-8-19/h4-13,15H,14H2,1-3H3,(H,23,28)(H2,24,25,29). The fraction of sp³-hybridized carbons (Fsp3) is 0.227. The van der Waals surface area contributed by atoms with Crippen LogP contribution in [0.3, 0.4) is 0 Å². The minimum atomic E-state index is -0.313. The topological polar surface area (TPSA) is 97.3 Å². The summed E-state index contributed by atoms with van der Waals surface area (Å²) in [5, 5.41) is 12.8. The van der Waals surface area contributed by atoms with Gasteiger partial charge < -0.3 is 20.7 Å². The molecule has 0 radical (unpaired) electrons. The Morgan fingerprint density at radius 2 is 1.87 bits per heavy atom. The molecule has 8 heteroatoms. The smallest absolute Gasteiger partial charge is 0.319 e. The van der Waals surface area contributed by atoms with Crippen molar-refractivity contribution in [3.05, 3.63) is 72.1 Å². The van der Waals surface area contributed by atoms with Crippen LogP contribution in [0.4, 0.5) is 10.5 Å². The average molecular weight is 407 g/mol. The van der Waals surface area contributed by atoms with Crippen LogP contribution in [0.5, 0.6) is 5.75 Å². The Morgan fingerprint density at radius 1 is 1.10 bits per heavy atom. The predicted octanol–water partition coefficient (Wildman–Crippen LogP) is 3.34. The summed E-state index contributed by atoms with van der Waals surface area (Å²) in [6, 6.07) is 15.9. The van der Waals surface area contributed by atoms with Crippen LogP contribution in [0, 0.1) is 0 Å². The highest BCUT2D eigenvalue weighted by Gasteiger charge is 2.09. The molecular weight excluding hydrogens is 382 g/mol. The van der Waals surface area contributed by atoms with Gasteiger partial charge in [-0.25, -0.2) is 9.48 Å². The first kappa shape index (κ1) is 20.9. The molecule has 0 unspecified atom stereocenters. The zero-order valence-corrected chi connectivity index (χ0v) is 17.2. The third-order valence-corrected chi connectivity index (χ3v) is 4.21. The summed E-state index contributed by atoms with van der Waals surface area (Å²) in [6.07, 6.45) is 1.83. The third-order valence-electron chi connectivity index (χ3n) is 4.21. The molecular formula is C22H25N5O3. The zero-order valence-electron chi connectivity index (χ0n) is 17.2. The molecule has 1 heterocycles. The van der Waals surface area contributed by atoms with E-state index in [-0.39, 0.29) is 24.5 Å². The molecule has 0 aliphatic rings. The van der Waals surface area contributed by atoms with Crippen LogP contribution in [0.2, 0.25) is 0 Å². The van der Waals surface area contributed by atoms with Crippen LogP contribution in [0.25, 0.3) is 5.69 Å². The maximum Gasteiger partial charge on any atom is 0.319 e. The SMILES string of the molecule is COc1ccc(-n2ccc(CNC(=O)c3cccc(NC(=O)NC(C)C)c3)n2)cc1. The van der Waals surface area contributed by atoms with Gasteiger partial charge >= 0.3 is 6.03 Å². The van der Waals surface area contributed by atoms with Crippen molar-refractivity contribution in [2.45, 2.75) is 26.4 Å². The van der Waals surface area contributed by atoms with Gasteiger partial charge in [0.1, 0.15) is 5.75 Å². The van der Waals surface area contributed by atoms with E-state index < -0.39 is 0 Å². The van der Waals surface area contributed by atoms with Crippen LogP contribution in [-0.4, -0.2) is 34.9 Å². The van der Waals surface area contributed by atoms with E-state index in [1.165, 1.54) is 0 Å². The van der Waals surface area contributed by atoms with E-state index in [9.17, 15) is 9.59 Å². The molecule has 0 atom stereocenters. The van der Waals surface area contributed by atoms with Crippen molar-refractivity contribution in [2.24, 2.45) is 0 Å². The van der Waals surface area contributed by atoms with Gasteiger partial charge in [0.25, 0.3) is 5.91 Å². The summed E-state index contributed by atoms with van der Waals surface area (Å²) >= 11 is 0. The minimum Gasteiger partial charge on any atom is -0.497 e. The first-order valence-electron chi connectivity index (χ1n) is 9.59. The number of nitrogens with zero attached hydrogens (tertiary/aromatic N) is 2. The van der Waals surface area contributed by atoms with Crippen molar-refractivity contribution in [1.29, 1.82) is 0 Å². The molecule has 3 aromatic rings. The van der Waals surface area contributed by atoms with Crippen LogP contribution < -0.4 is 20.7 Å². The molecule has 8 nitrogen and oxygen atoms in total. The van der Waals surface area contributed by atoms with Crippen molar-refractivity contribution in [1.82, 2.24) is 20.4 Å². The highest BCUT2D eigenvalue weighted by atomic mass is 16.5. The first-order chi connectivity index (χ1) is 14.4. The normalized spacial score (nSPS) is 10.5. The number of carbonyl (C=O) groups excluding carboxylic acids is 2. The van der Waals surface area contributed by atoms with Crippen LogP contribution >= 0.6 is 0 Å². The number of hydrogen-bond acceptors (Lipinski definition) is 4. The van der Waals surface area contributed by atoms with Crippen LogP contribution in [0.15, 0.2) is 60.8 Å². The lowest BCUT2D eigenvalue weighted by molar-refractivity contribution is 0.0950. The van der Waals surface area contributed by atoms with E-state index in [1.54, 1.807) is 36.1 Å². The Bertz CT molecular complexity index is 1010. The zero-order chi connectivity index (χ0) is 21.5. The Labute approximate surface area is 175 Å². The summed E-state index contributed by atoms with van der Waals surface area (Å²) in [7, 11) is 1.62. The molecule has 0 fully saturated rings. The van der Waals surface area contributed by atoms with Crippen molar-refractivity contribution < 1.29 is 14.3 Å². The maximum absolute atomic E-state index is 12.5. The lowest BCUT2D eigenvalue weighted by Crippen LogP contribution is -2.34. The molecule has 3 rings (SSSR count). The number of anilines is 1. The summed E-state index contributed by atoms with van der Waals surface area (Å²) in [5.41, 5.74) is 2.62. The molecule has 3 N–H and O–H groups in total. The average Bonchev–Trinajstić information content (AvgIpc) is 3.20. The number of ether oxygens (including phenoxy) is 1. The second-order valence-electron chi connectivity index (χ2n) is 6.97. The van der Waals surface area contributed by atoms with E-state index in [0.29, 0.717) is 11.3 Å². The number of aromatic nitrogens is 2. The molecule has 30 heavy (non-hydrogen) atoms. The second kappa shape index (κ2) is 9.60. The van der Waals surface area contributed by atoms with Gasteiger partial charge in [-0.2, -0.15) is 5.10 Å². The highest BCUT2D eigenvalue weighted by Crippen LogP contribution is 2.15. The molecule has 0 spiro atoms. The fourth-order valence-corrected chi connectivity index (χ4v) is 2.78. The summed E-state index contributed by atoms with van der Waals surface area (Å²) < 4.78 is 6.89. The molecule has 0 bridgehead atoms. The van der Waals surface area contributed by atoms with Gasteiger partial charge in [-0.1, -0.05) is 6.07 Å². The monoisotopic (exact) mass is 407 g/mol. The van der Waals surface area contributed by atoms with Crippen molar-refractivity contribution >= 4 is 17.6 Å². The Balaban J connectivity index is 1.58. The molecule has 3 amide bonds. The number of hydrogen-bond donors (Lipinski definition) is 3. The number of urea groups is 1. The Kier molecular flexibility index (Phi) is 6.69. The molecule has 1 aromatic heterocycles. The molecule has 0 saturated heterocycles. The number of amides is 3. The number of rotatable bonds is 7. The van der Waals surface area contributed by atoms with E-state index in [2.05, 4.69) is 21.0 Å². The predicted molar refractivity (Wildman–Crippen MR) is 115 cm³/mol. The van der Waals surface area contributed by atoms with Gasteiger partial charge in [-0.3, -0.25) is 4.79 Å². The van der Waals surface area contributed by atoms with Crippen molar-refractivity contribution in [3.63, 3.8) is 0 Å². The molecule has 0 aliphatic carbocycles. The largest absolute Gasteiger partial charge is 0.497 e. The van der Waals surface area contributed by atoms with E-state index in [4.69, 9.17) is 4.74 Å². The van der Waals surface area contributed by atoms with Gasteiger partial charge in [-0.15, -0.1) is 0 Å². The van der Waals surface area contributed by atoms with E-state index in [0.717, 1.165) is 17.1 Å². The quantitative estimate of drug-likeness (QED) is 0.560. The Hall–Kier alpha value is -3.81. The van der Waals surface area contributed by atoms with Gasteiger partial charge in [-0.05, 0) is 62.4 Å². The number of benzene rings is 2. The van der Waals surface area contributed by atoms with Crippen LogP contribution in [0.1, 0.15) is 29.9 Å². The van der Waals surface area contributed by atoms with Gasteiger partial charge in [0.15, 0.2) is 0 Å². The second-order valence-corrected chi connectivity index (χ2v) is 6.97. The van der Waals surface area contributed by atoms with Crippen molar-refractivity contribution in [3.8, 4) is 11.4 Å². The highest BCUT2D eigenvalue weighted by molar-refractivity contribution is 5.96. The fourth-order valence-electron chi connectivity index (χ4n) is 2.78. The van der Waals surface area contributed by atoms with Crippen molar-refractivity contribution in [2.75, 3.05) is 12.4 Å². The lowest BCUT2D eigenvalue weighted by Gasteiger charge is -2.11. The lowest BCUT2D eigenvalue weighted by atomic mass is 10.2. The minimum absolute atomic E-state index is 0.0224. The number of methoxy groups -OCH3 is 1. The molecule has 0 aliphatic heterocycles. The Morgan fingerprint density at radius 3 is 2.57 bits per heavy atom. The molecule has 0 saturated carbocycles. The number of nitrogens with one attached hydrogen (secondary N) is 3. The van der Waals surface area contributed by atoms with E-state index >= 15 is 0 Å². The number of carbonyl (C=O) groups is 2. The summed E-state index contributed by atoms with van der Waals surface area (Å²) in [4.78, 5) is 24.3. The first-order valence-corrected chi connectivity index (χ1v) is 9.59. The van der Waals surface area contributed by atoms with E-state index in [1.807, 2.05) is 50.4 Å². The summed E-state index contributed by atoms with van der Waals surface area (Å²) in [5.74, 6) is 0.527. The van der Waals surface area contributed by atoms with Gasteiger partial charge in [0.05, 0.1) is 25.0 Å². The van der Waals surface area contributed by atoms with Crippen LogP contribution in [-0.2, 0) is 6.54 Å².